The number of hydrogen-bond donors (Lipinski definition) is 7. The van der Waals surface area contributed by atoms with E-state index in [1.807, 2.05) is 12.1 Å². The van der Waals surface area contributed by atoms with Gasteiger partial charge in [0.2, 0.25) is 0 Å². The number of benzene rings is 2. The van der Waals surface area contributed by atoms with Crippen molar-refractivity contribution < 1.29 is 0 Å². The number of anilines is 1. The van der Waals surface area contributed by atoms with E-state index in [0.717, 1.165) is 43.4 Å². The number of hydrogen-bond acceptors (Lipinski definition) is 7. The van der Waals surface area contributed by atoms with Crippen LogP contribution in [0.1, 0.15) is 47.9 Å². The van der Waals surface area contributed by atoms with Crippen LogP contribution in [0.25, 0.3) is 11.6 Å². The molecule has 1 saturated carbocycles. The van der Waals surface area contributed by atoms with Gasteiger partial charge >= 0.3 is 0 Å². The lowest BCUT2D eigenvalue weighted by atomic mass is 9.91. The predicted molar refractivity (Wildman–Crippen MR) is 134 cm³/mol. The largest absolute Gasteiger partial charge is 0.404 e. The summed E-state index contributed by atoms with van der Waals surface area (Å²) in [5.41, 5.74) is 28.7. The molecule has 32 heavy (non-hydrogen) atoms. The Labute approximate surface area is 189 Å². The lowest BCUT2D eigenvalue weighted by molar-refractivity contribution is 0.342. The molecule has 3 rings (SSSR count). The van der Waals surface area contributed by atoms with Crippen molar-refractivity contribution in [2.45, 2.75) is 44.3 Å². The van der Waals surface area contributed by atoms with Gasteiger partial charge in [-0.05, 0) is 60.6 Å². The van der Waals surface area contributed by atoms with E-state index in [2.05, 4.69) is 17.4 Å². The SMILES string of the molecule is N=CC(=CN)c1ccc(N)c(C(=N)/C(N)=C/c2cccc(CNC3CCC(N)CC3)c2)c1. The molecule has 0 bridgehead atoms. The standard InChI is InChI=1S/C25H33N7/c26-13-19(14-27)18-4-9-23(29)22(12-18)25(31)24(30)11-16-2-1-3-17(10-16)15-32-21-7-5-20(28)6-8-21/h1-4,9-14,20-21,26,31-32H,5-8,15,27-30H2/b19-14?,24-11-,26-13?,31-25?. The predicted octanol–water partition coefficient (Wildman–Crippen LogP) is 2.95. The number of nitrogens with two attached hydrogens (primary N) is 4. The van der Waals surface area contributed by atoms with Crippen molar-refractivity contribution in [1.82, 2.24) is 5.32 Å². The normalized spacial score (nSPS) is 19.5. The van der Waals surface area contributed by atoms with Crippen LogP contribution in [-0.2, 0) is 6.54 Å². The van der Waals surface area contributed by atoms with E-state index in [4.69, 9.17) is 33.8 Å². The van der Waals surface area contributed by atoms with Crippen LogP contribution in [-0.4, -0.2) is 24.0 Å². The summed E-state index contributed by atoms with van der Waals surface area (Å²) in [6.07, 6.45) is 8.69. The third kappa shape index (κ3) is 5.84. The van der Waals surface area contributed by atoms with Crippen molar-refractivity contribution in [2.75, 3.05) is 5.73 Å². The molecule has 0 unspecified atom stereocenters. The summed E-state index contributed by atoms with van der Waals surface area (Å²) in [4.78, 5) is 0. The van der Waals surface area contributed by atoms with Crippen molar-refractivity contribution in [2.24, 2.45) is 17.2 Å². The highest BCUT2D eigenvalue weighted by molar-refractivity contribution is 6.16. The fourth-order valence-electron chi connectivity index (χ4n) is 3.97. The van der Waals surface area contributed by atoms with E-state index in [0.29, 0.717) is 40.2 Å². The van der Waals surface area contributed by atoms with Crippen molar-refractivity contribution in [3.63, 3.8) is 0 Å². The van der Waals surface area contributed by atoms with Crippen LogP contribution in [0, 0.1) is 10.8 Å². The molecule has 2 aromatic rings. The van der Waals surface area contributed by atoms with Gasteiger partial charge in [0, 0.05) is 47.9 Å². The maximum atomic E-state index is 8.56. The average Bonchev–Trinajstić information content (AvgIpc) is 2.80. The molecule has 2 aromatic carbocycles. The zero-order chi connectivity index (χ0) is 23.1. The smallest absolute Gasteiger partial charge is 0.0862 e. The minimum atomic E-state index is 0.132. The van der Waals surface area contributed by atoms with E-state index in [9.17, 15) is 0 Å². The Kier molecular flexibility index (Phi) is 7.81. The monoisotopic (exact) mass is 431 g/mol. The van der Waals surface area contributed by atoms with Crippen LogP contribution < -0.4 is 28.3 Å². The van der Waals surface area contributed by atoms with Gasteiger partial charge in [0.1, 0.15) is 0 Å². The van der Waals surface area contributed by atoms with E-state index >= 15 is 0 Å². The molecule has 1 aliphatic carbocycles. The molecule has 0 saturated heterocycles. The molecule has 1 aliphatic rings. The molecular weight excluding hydrogens is 398 g/mol. The van der Waals surface area contributed by atoms with Gasteiger partial charge in [0.25, 0.3) is 0 Å². The van der Waals surface area contributed by atoms with Crippen molar-refractivity contribution in [1.29, 1.82) is 10.8 Å². The molecule has 0 aliphatic heterocycles. The molecule has 0 radical (unpaired) electrons. The Hall–Kier alpha value is -3.42. The van der Waals surface area contributed by atoms with Crippen LogP contribution in [0.3, 0.4) is 0 Å². The maximum Gasteiger partial charge on any atom is 0.0862 e. The van der Waals surface area contributed by atoms with Crippen LogP contribution in [0.15, 0.2) is 54.4 Å². The van der Waals surface area contributed by atoms with Crippen LogP contribution >= 0.6 is 0 Å². The summed E-state index contributed by atoms with van der Waals surface area (Å²) in [7, 11) is 0. The van der Waals surface area contributed by atoms with E-state index in [1.54, 1.807) is 24.3 Å². The van der Waals surface area contributed by atoms with Gasteiger partial charge in [-0.25, -0.2) is 0 Å². The fraction of sp³-hybridized carbons (Fsp3) is 0.280. The third-order valence-corrected chi connectivity index (χ3v) is 5.92. The fourth-order valence-corrected chi connectivity index (χ4v) is 3.97. The molecule has 0 heterocycles. The first-order valence-corrected chi connectivity index (χ1v) is 10.9. The minimum absolute atomic E-state index is 0.132. The van der Waals surface area contributed by atoms with E-state index < -0.39 is 0 Å². The zero-order valence-electron chi connectivity index (χ0n) is 18.3. The van der Waals surface area contributed by atoms with Gasteiger partial charge in [-0.15, -0.1) is 0 Å². The second-order valence-corrected chi connectivity index (χ2v) is 8.28. The molecule has 168 valence electrons. The molecule has 0 spiro atoms. The molecule has 7 heteroatoms. The Bertz CT molecular complexity index is 1030. The lowest BCUT2D eigenvalue weighted by Gasteiger charge is -2.27. The summed E-state index contributed by atoms with van der Waals surface area (Å²) in [6, 6.07) is 14.2. The van der Waals surface area contributed by atoms with Gasteiger partial charge in [0.05, 0.1) is 11.4 Å². The van der Waals surface area contributed by atoms with E-state index in [-0.39, 0.29) is 5.71 Å². The Morgan fingerprint density at radius 2 is 1.84 bits per heavy atom. The summed E-state index contributed by atoms with van der Waals surface area (Å²) >= 11 is 0. The van der Waals surface area contributed by atoms with E-state index in [1.165, 1.54) is 12.4 Å². The van der Waals surface area contributed by atoms with Crippen molar-refractivity contribution in [3.05, 3.63) is 76.6 Å². The van der Waals surface area contributed by atoms with Gasteiger partial charge < -0.3 is 33.7 Å². The van der Waals surface area contributed by atoms with Crippen molar-refractivity contribution in [3.8, 4) is 0 Å². The highest BCUT2D eigenvalue weighted by Gasteiger charge is 2.17. The molecule has 7 nitrogen and oxygen atoms in total. The summed E-state index contributed by atoms with van der Waals surface area (Å²) in [5, 5.41) is 19.7. The minimum Gasteiger partial charge on any atom is -0.404 e. The first-order chi connectivity index (χ1) is 15.4. The molecule has 11 N–H and O–H groups in total. The Balaban J connectivity index is 1.73. The second kappa shape index (κ2) is 10.7. The van der Waals surface area contributed by atoms with Gasteiger partial charge in [-0.2, -0.15) is 0 Å². The number of allylic oxidation sites excluding steroid dienone is 2. The lowest BCUT2D eigenvalue weighted by Crippen LogP contribution is -2.37. The molecule has 0 aromatic heterocycles. The quantitative estimate of drug-likeness (QED) is 0.252. The molecule has 1 fully saturated rings. The van der Waals surface area contributed by atoms with Crippen LogP contribution in [0.4, 0.5) is 5.69 Å². The zero-order valence-corrected chi connectivity index (χ0v) is 18.3. The first kappa shape index (κ1) is 23.2. The van der Waals surface area contributed by atoms with Gasteiger partial charge in [-0.1, -0.05) is 30.3 Å². The van der Waals surface area contributed by atoms with Crippen LogP contribution in [0.2, 0.25) is 0 Å². The van der Waals surface area contributed by atoms with Crippen molar-refractivity contribution >= 4 is 29.3 Å². The van der Waals surface area contributed by atoms with Gasteiger partial charge in [0.15, 0.2) is 0 Å². The summed E-state index contributed by atoms with van der Waals surface area (Å²) in [5.74, 6) is 0. The third-order valence-electron chi connectivity index (χ3n) is 5.92. The Morgan fingerprint density at radius 3 is 2.53 bits per heavy atom. The topological polar surface area (TPSA) is 164 Å². The summed E-state index contributed by atoms with van der Waals surface area (Å²) < 4.78 is 0. The Morgan fingerprint density at radius 1 is 1.09 bits per heavy atom. The number of nitrogen functional groups attached to an aromatic ring is 1. The average molecular weight is 432 g/mol. The maximum absolute atomic E-state index is 8.56. The first-order valence-electron chi connectivity index (χ1n) is 10.9. The molecule has 0 atom stereocenters. The highest BCUT2D eigenvalue weighted by atomic mass is 14.9. The van der Waals surface area contributed by atoms with Crippen LogP contribution in [0.5, 0.6) is 0 Å². The highest BCUT2D eigenvalue weighted by Crippen LogP contribution is 2.22. The number of rotatable bonds is 8. The molecular formula is C25H33N7. The second-order valence-electron chi connectivity index (χ2n) is 8.28. The number of nitrogens with one attached hydrogen (secondary N) is 3. The van der Waals surface area contributed by atoms with Gasteiger partial charge in [-0.3, -0.25) is 5.41 Å². The summed E-state index contributed by atoms with van der Waals surface area (Å²) in [6.45, 7) is 0.783. The molecule has 0 amide bonds.